The van der Waals surface area contributed by atoms with Gasteiger partial charge in [0.15, 0.2) is 0 Å². The summed E-state index contributed by atoms with van der Waals surface area (Å²) < 4.78 is 5.90. The zero-order chi connectivity index (χ0) is 31.6. The molecule has 1 heterocycles. The van der Waals surface area contributed by atoms with E-state index in [-0.39, 0.29) is 43.0 Å². The molecule has 0 aromatic carbocycles. The molecule has 3 N–H and O–H groups in total. The van der Waals surface area contributed by atoms with Crippen LogP contribution in [0.1, 0.15) is 125 Å². The van der Waals surface area contributed by atoms with Crippen LogP contribution in [0.4, 0.5) is 4.79 Å². The lowest BCUT2D eigenvalue weighted by Gasteiger charge is -2.58. The van der Waals surface area contributed by atoms with E-state index >= 15 is 0 Å². The van der Waals surface area contributed by atoms with Crippen molar-refractivity contribution in [2.45, 2.75) is 143 Å². The van der Waals surface area contributed by atoms with Gasteiger partial charge in [-0.25, -0.2) is 4.79 Å². The quantitative estimate of drug-likeness (QED) is 0.175. The molecule has 250 valence electrons. The van der Waals surface area contributed by atoms with Crippen molar-refractivity contribution < 1.29 is 24.5 Å². The zero-order valence-electron chi connectivity index (χ0n) is 28.4. The Balaban J connectivity index is 1.09. The summed E-state index contributed by atoms with van der Waals surface area (Å²) in [6, 6.07) is -0.307. The van der Waals surface area contributed by atoms with Crippen LogP contribution in [0.25, 0.3) is 0 Å². The third-order valence-electron chi connectivity index (χ3n) is 13.3. The van der Waals surface area contributed by atoms with Crippen LogP contribution >= 0.6 is 0 Å². The third kappa shape index (κ3) is 6.89. The minimum absolute atomic E-state index is 0.0830. The number of aliphatic hydroxyl groups is 2. The summed E-state index contributed by atoms with van der Waals surface area (Å²) >= 11 is 0. The van der Waals surface area contributed by atoms with Crippen molar-refractivity contribution in [3.8, 4) is 0 Å². The van der Waals surface area contributed by atoms with Gasteiger partial charge in [0, 0.05) is 25.9 Å². The molecule has 1 saturated heterocycles. The molecule has 3 saturated carbocycles. The molecule has 0 bridgehead atoms. The fourth-order valence-corrected chi connectivity index (χ4v) is 10.9. The molecule has 0 spiro atoms. The van der Waals surface area contributed by atoms with Crippen LogP contribution < -0.4 is 5.32 Å². The van der Waals surface area contributed by atoms with E-state index in [1.807, 2.05) is 0 Å². The Morgan fingerprint density at radius 3 is 2.61 bits per heavy atom. The van der Waals surface area contributed by atoms with Gasteiger partial charge in [0.05, 0.1) is 18.8 Å². The van der Waals surface area contributed by atoms with Gasteiger partial charge in [-0.05, 0) is 104 Å². The van der Waals surface area contributed by atoms with Gasteiger partial charge in [0.2, 0.25) is 5.91 Å². The molecule has 5 aliphatic rings. The zero-order valence-corrected chi connectivity index (χ0v) is 28.4. The molecular weight excluding hydrogens is 552 g/mol. The minimum atomic E-state index is -0.571. The van der Waals surface area contributed by atoms with E-state index in [4.69, 9.17) is 4.74 Å². The highest BCUT2D eigenvalue weighted by Crippen LogP contribution is 2.67. The van der Waals surface area contributed by atoms with Crippen molar-refractivity contribution in [1.82, 2.24) is 10.2 Å². The maximum atomic E-state index is 12.7. The Morgan fingerprint density at radius 1 is 1.07 bits per heavy atom. The predicted molar refractivity (Wildman–Crippen MR) is 174 cm³/mol. The van der Waals surface area contributed by atoms with Gasteiger partial charge in [0.1, 0.15) is 6.10 Å². The van der Waals surface area contributed by atoms with E-state index in [2.05, 4.69) is 46.0 Å². The lowest BCUT2D eigenvalue weighted by Crippen LogP contribution is -2.51. The average Bonchev–Trinajstić information content (AvgIpc) is 3.54. The molecule has 4 unspecified atom stereocenters. The highest BCUT2D eigenvalue weighted by atomic mass is 16.6. The van der Waals surface area contributed by atoms with Crippen LogP contribution in [0.15, 0.2) is 11.6 Å². The van der Waals surface area contributed by atoms with E-state index in [9.17, 15) is 19.8 Å². The first-order valence-electron chi connectivity index (χ1n) is 18.2. The SMILES string of the molecule is CC(C)CCC[C@@H](C)C1CCC2C3CC=C4C[C@@H](OC(=O)NCCCC(=O)N5C[C@H](O)C[C@H]5CO)CC[C@]4(C)C3CC[C@@]21C. The number of hydrogen-bond acceptors (Lipinski definition) is 5. The predicted octanol–water partition coefficient (Wildman–Crippen LogP) is 6.86. The van der Waals surface area contributed by atoms with E-state index in [1.165, 1.54) is 56.9 Å². The maximum Gasteiger partial charge on any atom is 0.407 e. The highest BCUT2D eigenvalue weighted by Gasteiger charge is 2.59. The monoisotopic (exact) mass is 614 g/mol. The second-order valence-corrected chi connectivity index (χ2v) is 16.4. The Labute approximate surface area is 266 Å². The Hall–Kier alpha value is -1.60. The Bertz CT molecular complexity index is 1040. The van der Waals surface area contributed by atoms with Crippen molar-refractivity contribution in [2.24, 2.45) is 46.3 Å². The number of aliphatic hydroxyl groups excluding tert-OH is 2. The number of amides is 2. The number of β-amino-alcohol motifs (C(OH)–C–C–N with tert-alkyl or cyclic N) is 1. The van der Waals surface area contributed by atoms with Crippen molar-refractivity contribution in [2.75, 3.05) is 19.7 Å². The number of nitrogens with one attached hydrogen (secondary N) is 1. The average molecular weight is 615 g/mol. The molecule has 0 aromatic heterocycles. The maximum absolute atomic E-state index is 12.7. The molecule has 0 aromatic rings. The van der Waals surface area contributed by atoms with E-state index in [0.717, 1.165) is 54.8 Å². The summed E-state index contributed by atoms with van der Waals surface area (Å²) in [6.45, 7) is 12.9. The van der Waals surface area contributed by atoms with E-state index < -0.39 is 12.2 Å². The summed E-state index contributed by atoms with van der Waals surface area (Å²) in [4.78, 5) is 26.7. The number of allylic oxidation sites excluding steroid dienone is 1. The lowest BCUT2D eigenvalue weighted by atomic mass is 9.47. The molecule has 5 rings (SSSR count). The van der Waals surface area contributed by atoms with Crippen LogP contribution in [0.3, 0.4) is 0 Å². The summed E-state index contributed by atoms with van der Waals surface area (Å²) in [5.41, 5.74) is 2.26. The van der Waals surface area contributed by atoms with Crippen molar-refractivity contribution in [3.63, 3.8) is 0 Å². The number of alkyl carbamates (subject to hydrolysis) is 1. The molecule has 2 amide bonds. The van der Waals surface area contributed by atoms with E-state index in [0.29, 0.717) is 24.8 Å². The largest absolute Gasteiger partial charge is 0.446 e. The molecular formula is C37H62N2O5. The molecule has 1 aliphatic heterocycles. The second-order valence-electron chi connectivity index (χ2n) is 16.4. The number of rotatable bonds is 11. The molecule has 44 heavy (non-hydrogen) atoms. The van der Waals surface area contributed by atoms with Gasteiger partial charge in [-0.2, -0.15) is 0 Å². The van der Waals surface area contributed by atoms with Crippen LogP contribution in [-0.4, -0.2) is 65.1 Å². The third-order valence-corrected chi connectivity index (χ3v) is 13.3. The van der Waals surface area contributed by atoms with Gasteiger partial charge >= 0.3 is 6.09 Å². The van der Waals surface area contributed by atoms with Crippen molar-refractivity contribution in [1.29, 1.82) is 0 Å². The van der Waals surface area contributed by atoms with Crippen LogP contribution in [0.5, 0.6) is 0 Å². The number of likely N-dealkylation sites (tertiary alicyclic amines) is 1. The Morgan fingerprint density at radius 2 is 1.86 bits per heavy atom. The van der Waals surface area contributed by atoms with Crippen LogP contribution in [-0.2, 0) is 9.53 Å². The topological polar surface area (TPSA) is 99.1 Å². The van der Waals surface area contributed by atoms with Gasteiger partial charge in [-0.3, -0.25) is 4.79 Å². The van der Waals surface area contributed by atoms with Gasteiger partial charge < -0.3 is 25.2 Å². The van der Waals surface area contributed by atoms with Gasteiger partial charge in [-0.1, -0.05) is 65.5 Å². The number of hydrogen-bond donors (Lipinski definition) is 3. The number of nitrogens with zero attached hydrogens (tertiary/aromatic N) is 1. The van der Waals surface area contributed by atoms with Crippen LogP contribution in [0, 0.1) is 46.3 Å². The Kier molecular flexibility index (Phi) is 10.8. The number of carbonyl (C=O) groups excluding carboxylic acids is 2. The normalized spacial score (nSPS) is 38.9. The van der Waals surface area contributed by atoms with Crippen LogP contribution in [0.2, 0.25) is 0 Å². The first kappa shape index (κ1) is 33.8. The summed E-state index contributed by atoms with van der Waals surface area (Å²) in [5, 5.41) is 22.1. The van der Waals surface area contributed by atoms with Gasteiger partial charge in [-0.15, -0.1) is 0 Å². The molecule has 10 atom stereocenters. The summed E-state index contributed by atoms with van der Waals surface area (Å²) in [7, 11) is 0. The standard InChI is InChI=1S/C37H62N2O5/c1-24(2)8-6-9-25(3)31-13-14-32-30-12-11-26-20-29(15-17-36(26,4)33(30)16-18-37(31,32)5)44-35(43)38-19-7-10-34(42)39-22-28(41)21-27(39)23-40/h11,24-25,27-33,40-41H,6-10,12-23H2,1-5H3,(H,38,43)/t25-,27+,28-,29+,30?,31?,32?,33?,36+,37-/m1/s1. The molecule has 7 nitrogen and oxygen atoms in total. The molecule has 4 aliphatic carbocycles. The van der Waals surface area contributed by atoms with Crippen molar-refractivity contribution in [3.05, 3.63) is 11.6 Å². The van der Waals surface area contributed by atoms with Crippen molar-refractivity contribution >= 4 is 12.0 Å². The smallest absolute Gasteiger partial charge is 0.407 e. The summed E-state index contributed by atoms with van der Waals surface area (Å²) in [5.74, 6) is 4.85. The number of fused-ring (bicyclic) bond motifs is 5. The fraction of sp³-hybridized carbons (Fsp3) is 0.892. The first-order chi connectivity index (χ1) is 21.0. The number of carbonyl (C=O) groups is 2. The fourth-order valence-electron chi connectivity index (χ4n) is 10.9. The minimum Gasteiger partial charge on any atom is -0.446 e. The highest BCUT2D eigenvalue weighted by molar-refractivity contribution is 5.77. The van der Waals surface area contributed by atoms with E-state index in [1.54, 1.807) is 4.90 Å². The molecule has 4 fully saturated rings. The lowest BCUT2D eigenvalue weighted by molar-refractivity contribution is -0.133. The molecule has 7 heteroatoms. The second kappa shape index (κ2) is 14.0. The van der Waals surface area contributed by atoms with Gasteiger partial charge in [0.25, 0.3) is 0 Å². The summed E-state index contributed by atoms with van der Waals surface area (Å²) in [6.07, 6.45) is 16.5. The molecule has 0 radical (unpaired) electrons. The first-order valence-corrected chi connectivity index (χ1v) is 18.2. The number of ether oxygens (including phenoxy) is 1.